The normalized spacial score (nSPS) is 13.1. The SMILES string of the molecule is CCC(C)OC(=O)c1cc(S(=O)(=O)Cl)c(Cl)cc1F. The molecule has 19 heavy (non-hydrogen) atoms. The highest BCUT2D eigenvalue weighted by Gasteiger charge is 2.23. The third-order valence-electron chi connectivity index (χ3n) is 2.39. The average Bonchev–Trinajstić information content (AvgIpc) is 2.26. The van der Waals surface area contributed by atoms with Crippen molar-refractivity contribution in [3.8, 4) is 0 Å². The number of rotatable bonds is 4. The molecule has 4 nitrogen and oxygen atoms in total. The van der Waals surface area contributed by atoms with Crippen LogP contribution in [0.5, 0.6) is 0 Å². The molecule has 0 amide bonds. The highest BCUT2D eigenvalue weighted by Crippen LogP contribution is 2.28. The van der Waals surface area contributed by atoms with Crippen molar-refractivity contribution in [2.75, 3.05) is 0 Å². The van der Waals surface area contributed by atoms with Gasteiger partial charge in [-0.2, -0.15) is 0 Å². The zero-order valence-electron chi connectivity index (χ0n) is 10.1. The summed E-state index contributed by atoms with van der Waals surface area (Å²) in [6, 6.07) is 1.48. The van der Waals surface area contributed by atoms with E-state index < -0.39 is 42.4 Å². The summed E-state index contributed by atoms with van der Waals surface area (Å²) in [5, 5.41) is -0.396. The zero-order chi connectivity index (χ0) is 14.8. The van der Waals surface area contributed by atoms with Gasteiger partial charge < -0.3 is 4.74 Å². The predicted molar refractivity (Wildman–Crippen MR) is 69.6 cm³/mol. The molecule has 0 spiro atoms. The molecule has 1 rings (SSSR count). The van der Waals surface area contributed by atoms with Gasteiger partial charge in [-0.1, -0.05) is 18.5 Å². The molecule has 1 atom stereocenters. The second kappa shape index (κ2) is 6.07. The molecule has 0 radical (unpaired) electrons. The summed E-state index contributed by atoms with van der Waals surface area (Å²) in [5.41, 5.74) is -0.524. The maximum Gasteiger partial charge on any atom is 0.341 e. The molecular formula is C11H11Cl2FO4S. The Balaban J connectivity index is 3.26. The van der Waals surface area contributed by atoms with E-state index in [1.165, 1.54) is 0 Å². The van der Waals surface area contributed by atoms with Crippen molar-refractivity contribution < 1.29 is 22.3 Å². The van der Waals surface area contributed by atoms with Crippen LogP contribution in [0.15, 0.2) is 17.0 Å². The Bertz CT molecular complexity index is 601. The number of carbonyl (C=O) groups is 1. The second-order valence-corrected chi connectivity index (χ2v) is 6.77. The Morgan fingerprint density at radius 3 is 2.53 bits per heavy atom. The van der Waals surface area contributed by atoms with Crippen LogP contribution in [0.2, 0.25) is 5.02 Å². The fraction of sp³-hybridized carbons (Fsp3) is 0.364. The van der Waals surface area contributed by atoms with Crippen LogP contribution in [0.25, 0.3) is 0 Å². The van der Waals surface area contributed by atoms with Gasteiger partial charge in [0.1, 0.15) is 10.7 Å². The van der Waals surface area contributed by atoms with E-state index in [-0.39, 0.29) is 0 Å². The first kappa shape index (κ1) is 16.2. The van der Waals surface area contributed by atoms with Crippen molar-refractivity contribution in [3.05, 3.63) is 28.5 Å². The first-order valence-corrected chi connectivity index (χ1v) is 8.00. The quantitative estimate of drug-likeness (QED) is 0.628. The number of halogens is 3. The van der Waals surface area contributed by atoms with Crippen molar-refractivity contribution in [2.24, 2.45) is 0 Å². The van der Waals surface area contributed by atoms with Crippen LogP contribution in [0.3, 0.4) is 0 Å². The molecule has 0 aliphatic carbocycles. The lowest BCUT2D eigenvalue weighted by Crippen LogP contribution is -2.16. The number of carbonyl (C=O) groups excluding carboxylic acids is 1. The van der Waals surface area contributed by atoms with E-state index in [2.05, 4.69) is 0 Å². The minimum Gasteiger partial charge on any atom is -0.459 e. The molecular weight excluding hydrogens is 318 g/mol. The van der Waals surface area contributed by atoms with Gasteiger partial charge in [-0.25, -0.2) is 17.6 Å². The monoisotopic (exact) mass is 328 g/mol. The Morgan fingerprint density at radius 2 is 2.05 bits per heavy atom. The first-order valence-electron chi connectivity index (χ1n) is 5.31. The molecule has 0 aliphatic heterocycles. The molecule has 0 aromatic heterocycles. The number of ether oxygens (including phenoxy) is 1. The molecule has 0 bridgehead atoms. The van der Waals surface area contributed by atoms with Crippen LogP contribution in [0.1, 0.15) is 30.6 Å². The van der Waals surface area contributed by atoms with Gasteiger partial charge in [0, 0.05) is 10.7 Å². The highest BCUT2D eigenvalue weighted by molar-refractivity contribution is 8.13. The van der Waals surface area contributed by atoms with Gasteiger partial charge in [-0.15, -0.1) is 0 Å². The topological polar surface area (TPSA) is 60.4 Å². The van der Waals surface area contributed by atoms with E-state index in [0.717, 1.165) is 6.07 Å². The molecule has 0 heterocycles. The Kier molecular flexibility index (Phi) is 5.18. The lowest BCUT2D eigenvalue weighted by atomic mass is 10.2. The fourth-order valence-electron chi connectivity index (χ4n) is 1.20. The van der Waals surface area contributed by atoms with Crippen LogP contribution in [-0.4, -0.2) is 20.5 Å². The molecule has 0 saturated carbocycles. The van der Waals surface area contributed by atoms with E-state index in [1.807, 2.05) is 0 Å². The summed E-state index contributed by atoms with van der Waals surface area (Å²) in [6.07, 6.45) is 0.125. The maximum absolute atomic E-state index is 13.6. The predicted octanol–water partition coefficient (Wildman–Crippen LogP) is 3.36. The minimum absolute atomic E-state index is 0.396. The molecule has 0 N–H and O–H groups in total. The van der Waals surface area contributed by atoms with E-state index in [0.29, 0.717) is 12.5 Å². The molecule has 1 aromatic carbocycles. The molecule has 106 valence electrons. The third-order valence-corrected chi connectivity index (χ3v) is 4.17. The fourth-order valence-corrected chi connectivity index (χ4v) is 2.71. The van der Waals surface area contributed by atoms with Crippen molar-refractivity contribution in [3.63, 3.8) is 0 Å². The Hall–Kier alpha value is -0.850. The van der Waals surface area contributed by atoms with Gasteiger partial charge in [0.05, 0.1) is 16.7 Å². The lowest BCUT2D eigenvalue weighted by molar-refractivity contribution is 0.0329. The minimum atomic E-state index is -4.17. The van der Waals surface area contributed by atoms with Gasteiger partial charge in [-0.05, 0) is 25.5 Å². The maximum atomic E-state index is 13.6. The zero-order valence-corrected chi connectivity index (χ0v) is 12.4. The van der Waals surface area contributed by atoms with Gasteiger partial charge in [0.25, 0.3) is 9.05 Å². The number of esters is 1. The van der Waals surface area contributed by atoms with Crippen LogP contribution in [0.4, 0.5) is 4.39 Å². The summed E-state index contributed by atoms with van der Waals surface area (Å²) >= 11 is 5.57. The molecule has 0 fully saturated rings. The van der Waals surface area contributed by atoms with Crippen molar-refractivity contribution in [1.29, 1.82) is 0 Å². The number of benzene rings is 1. The molecule has 0 aliphatic rings. The van der Waals surface area contributed by atoms with Gasteiger partial charge in [-0.3, -0.25) is 0 Å². The third kappa shape index (κ3) is 4.06. The highest BCUT2D eigenvalue weighted by atomic mass is 35.7. The van der Waals surface area contributed by atoms with Gasteiger partial charge >= 0.3 is 5.97 Å². The van der Waals surface area contributed by atoms with Crippen LogP contribution >= 0.6 is 22.3 Å². The standard InChI is InChI=1S/C11H11Cl2FO4S/c1-3-6(2)18-11(15)7-4-10(19(13,16)17)8(12)5-9(7)14/h4-6H,3H2,1-2H3. The van der Waals surface area contributed by atoms with E-state index in [9.17, 15) is 17.6 Å². The summed E-state index contributed by atoms with van der Waals surface area (Å²) in [5.74, 6) is -1.94. The van der Waals surface area contributed by atoms with Crippen LogP contribution in [-0.2, 0) is 13.8 Å². The largest absolute Gasteiger partial charge is 0.459 e. The number of hydrogen-bond acceptors (Lipinski definition) is 4. The molecule has 1 aromatic rings. The van der Waals surface area contributed by atoms with Crippen molar-refractivity contribution >= 4 is 37.3 Å². The smallest absolute Gasteiger partial charge is 0.341 e. The van der Waals surface area contributed by atoms with Gasteiger partial charge in [0.2, 0.25) is 0 Å². The molecule has 1 unspecified atom stereocenters. The lowest BCUT2D eigenvalue weighted by Gasteiger charge is -2.12. The van der Waals surface area contributed by atoms with E-state index >= 15 is 0 Å². The molecule has 8 heteroatoms. The van der Waals surface area contributed by atoms with Crippen molar-refractivity contribution in [2.45, 2.75) is 31.3 Å². The van der Waals surface area contributed by atoms with Crippen LogP contribution in [0, 0.1) is 5.82 Å². The van der Waals surface area contributed by atoms with E-state index in [1.54, 1.807) is 13.8 Å². The average molecular weight is 329 g/mol. The Labute approximate surface area is 119 Å². The first-order chi connectivity index (χ1) is 8.66. The summed E-state index contributed by atoms with van der Waals surface area (Å²) < 4.78 is 41.0. The van der Waals surface area contributed by atoms with E-state index in [4.69, 9.17) is 27.0 Å². The van der Waals surface area contributed by atoms with Crippen LogP contribution < -0.4 is 0 Å². The summed E-state index contributed by atoms with van der Waals surface area (Å²) in [4.78, 5) is 11.1. The van der Waals surface area contributed by atoms with Crippen molar-refractivity contribution in [1.82, 2.24) is 0 Å². The summed E-state index contributed by atoms with van der Waals surface area (Å²) in [7, 11) is 0.965. The van der Waals surface area contributed by atoms with Gasteiger partial charge in [0.15, 0.2) is 0 Å². The Morgan fingerprint density at radius 1 is 1.47 bits per heavy atom. The summed E-state index contributed by atoms with van der Waals surface area (Å²) in [6.45, 7) is 3.41. The number of hydrogen-bond donors (Lipinski definition) is 0. The molecule has 0 saturated heterocycles. The second-order valence-electron chi connectivity index (χ2n) is 3.82.